The van der Waals surface area contributed by atoms with Crippen LogP contribution in [-0.2, 0) is 24.2 Å². The lowest BCUT2D eigenvalue weighted by molar-refractivity contribution is -0.120. The monoisotopic (exact) mass is 472 g/mol. The molecule has 0 spiro atoms. The van der Waals surface area contributed by atoms with Crippen LogP contribution in [0.15, 0.2) is 71.8 Å². The summed E-state index contributed by atoms with van der Waals surface area (Å²) >= 11 is 0. The van der Waals surface area contributed by atoms with Crippen LogP contribution < -0.4 is 14.8 Å². The Morgan fingerprint density at radius 2 is 1.71 bits per heavy atom. The molecule has 3 aromatic rings. The van der Waals surface area contributed by atoms with E-state index in [1.165, 1.54) is 16.7 Å². The molecule has 0 unspecified atom stereocenters. The van der Waals surface area contributed by atoms with Crippen LogP contribution in [0.2, 0.25) is 0 Å². The van der Waals surface area contributed by atoms with E-state index in [9.17, 15) is 4.79 Å². The van der Waals surface area contributed by atoms with E-state index in [-0.39, 0.29) is 25.5 Å². The van der Waals surface area contributed by atoms with Crippen LogP contribution in [0.25, 0.3) is 10.4 Å². The fourth-order valence-electron chi connectivity index (χ4n) is 3.60. The second-order valence-corrected chi connectivity index (χ2v) is 8.41. The molecule has 35 heavy (non-hydrogen) atoms. The Morgan fingerprint density at radius 1 is 0.914 bits per heavy atom. The van der Waals surface area contributed by atoms with Gasteiger partial charge >= 0.3 is 0 Å². The lowest BCUT2D eigenvalue weighted by Gasteiger charge is -2.14. The van der Waals surface area contributed by atoms with Gasteiger partial charge in [-0.15, -0.1) is 0 Å². The molecule has 0 saturated carbocycles. The fraction of sp³-hybridized carbons (Fsp3) is 0.321. The molecule has 3 rings (SSSR count). The highest BCUT2D eigenvalue weighted by Gasteiger charge is 2.10. The third kappa shape index (κ3) is 8.72. The number of ether oxygens (including phenoxy) is 2. The van der Waals surface area contributed by atoms with Crippen LogP contribution >= 0.6 is 0 Å². The zero-order chi connectivity index (χ0) is 24.9. The van der Waals surface area contributed by atoms with E-state index in [1.54, 1.807) is 6.07 Å². The standard InChI is InChI=1S/C28H32N4O3/c1-21-10-11-23(17-22(21)2)9-6-14-30-28(33)19-25-12-13-26(34-16-15-31-32-29)27(18-25)35-20-24-7-4-3-5-8-24/h3-5,7-8,10-13,17-18H,6,9,14-16,19-20H2,1-2H3,(H,30,33). The Kier molecular flexibility index (Phi) is 10.0. The van der Waals surface area contributed by atoms with Gasteiger partial charge in [-0.3, -0.25) is 4.79 Å². The number of carbonyl (C=O) groups excluding carboxylic acids is 1. The summed E-state index contributed by atoms with van der Waals surface area (Å²) in [7, 11) is 0. The predicted molar refractivity (Wildman–Crippen MR) is 138 cm³/mol. The average Bonchev–Trinajstić information content (AvgIpc) is 2.87. The van der Waals surface area contributed by atoms with Gasteiger partial charge in [0.15, 0.2) is 11.5 Å². The van der Waals surface area contributed by atoms with E-state index in [4.69, 9.17) is 15.0 Å². The molecule has 1 amide bonds. The van der Waals surface area contributed by atoms with Gasteiger partial charge in [0.05, 0.1) is 19.6 Å². The number of hydrogen-bond donors (Lipinski definition) is 1. The molecule has 0 saturated heterocycles. The molecule has 0 radical (unpaired) electrons. The number of benzene rings is 3. The Hall–Kier alpha value is -3.96. The van der Waals surface area contributed by atoms with Crippen molar-refractivity contribution in [3.63, 3.8) is 0 Å². The topological polar surface area (TPSA) is 96.3 Å². The van der Waals surface area contributed by atoms with Crippen LogP contribution in [0.3, 0.4) is 0 Å². The third-order valence-electron chi connectivity index (χ3n) is 5.66. The van der Waals surface area contributed by atoms with E-state index in [0.717, 1.165) is 24.0 Å². The number of rotatable bonds is 13. The summed E-state index contributed by atoms with van der Waals surface area (Å²) in [6.07, 6.45) is 2.07. The highest BCUT2D eigenvalue weighted by atomic mass is 16.5. The molecule has 3 aromatic carbocycles. The van der Waals surface area contributed by atoms with Gasteiger partial charge in [0.25, 0.3) is 0 Å². The van der Waals surface area contributed by atoms with Crippen molar-refractivity contribution in [2.75, 3.05) is 19.7 Å². The van der Waals surface area contributed by atoms with Crippen LogP contribution in [0.1, 0.15) is 34.2 Å². The number of aryl methyl sites for hydroxylation is 3. The van der Waals surface area contributed by atoms with Gasteiger partial charge in [0, 0.05) is 11.5 Å². The van der Waals surface area contributed by atoms with Crippen LogP contribution in [0.4, 0.5) is 0 Å². The van der Waals surface area contributed by atoms with Crippen LogP contribution in [-0.4, -0.2) is 25.6 Å². The normalized spacial score (nSPS) is 10.3. The molecule has 0 aliphatic rings. The summed E-state index contributed by atoms with van der Waals surface area (Å²) < 4.78 is 11.7. The fourth-order valence-corrected chi connectivity index (χ4v) is 3.60. The van der Waals surface area contributed by atoms with Crippen molar-refractivity contribution in [1.82, 2.24) is 5.32 Å². The molecule has 0 aliphatic carbocycles. The van der Waals surface area contributed by atoms with E-state index in [0.29, 0.717) is 24.7 Å². The molecule has 1 N–H and O–H groups in total. The van der Waals surface area contributed by atoms with E-state index in [1.807, 2.05) is 42.5 Å². The molecular formula is C28H32N4O3. The minimum absolute atomic E-state index is 0.0314. The van der Waals surface area contributed by atoms with Crippen molar-refractivity contribution in [3.8, 4) is 11.5 Å². The van der Waals surface area contributed by atoms with Crippen molar-refractivity contribution in [2.24, 2.45) is 5.11 Å². The average molecular weight is 473 g/mol. The molecule has 0 aromatic heterocycles. The molecule has 0 heterocycles. The molecule has 0 bridgehead atoms. The summed E-state index contributed by atoms with van der Waals surface area (Å²) in [5.41, 5.74) is 14.2. The quantitative estimate of drug-likeness (QED) is 0.146. The highest BCUT2D eigenvalue weighted by Crippen LogP contribution is 2.29. The third-order valence-corrected chi connectivity index (χ3v) is 5.66. The second kappa shape index (κ2) is 13.7. The van der Waals surface area contributed by atoms with Gasteiger partial charge < -0.3 is 14.8 Å². The molecule has 7 heteroatoms. The van der Waals surface area contributed by atoms with Crippen molar-refractivity contribution in [1.29, 1.82) is 0 Å². The summed E-state index contributed by atoms with van der Waals surface area (Å²) in [6.45, 7) is 5.70. The van der Waals surface area contributed by atoms with Crippen molar-refractivity contribution in [2.45, 2.75) is 39.7 Å². The first-order chi connectivity index (χ1) is 17.0. The Morgan fingerprint density at radius 3 is 2.49 bits per heavy atom. The Balaban J connectivity index is 1.54. The summed E-state index contributed by atoms with van der Waals surface area (Å²) in [5.74, 6) is 1.07. The molecule has 7 nitrogen and oxygen atoms in total. The van der Waals surface area contributed by atoms with Crippen molar-refractivity contribution >= 4 is 5.91 Å². The number of carbonyl (C=O) groups is 1. The number of hydrogen-bond acceptors (Lipinski definition) is 4. The molecule has 0 aliphatic heterocycles. The van der Waals surface area contributed by atoms with E-state index >= 15 is 0 Å². The van der Waals surface area contributed by atoms with Crippen molar-refractivity contribution in [3.05, 3.63) is 105 Å². The van der Waals surface area contributed by atoms with Crippen LogP contribution in [0, 0.1) is 13.8 Å². The molecule has 182 valence electrons. The van der Waals surface area contributed by atoms with Gasteiger partial charge in [-0.1, -0.05) is 59.7 Å². The lowest BCUT2D eigenvalue weighted by atomic mass is 10.0. The first-order valence-corrected chi connectivity index (χ1v) is 11.8. The zero-order valence-electron chi connectivity index (χ0n) is 20.4. The summed E-state index contributed by atoms with van der Waals surface area (Å²) in [5, 5.41) is 6.50. The summed E-state index contributed by atoms with van der Waals surface area (Å²) in [4.78, 5) is 15.2. The maximum absolute atomic E-state index is 12.5. The summed E-state index contributed by atoms with van der Waals surface area (Å²) in [6, 6.07) is 21.8. The smallest absolute Gasteiger partial charge is 0.224 e. The highest BCUT2D eigenvalue weighted by molar-refractivity contribution is 5.78. The first kappa shape index (κ1) is 25.7. The first-order valence-electron chi connectivity index (χ1n) is 11.8. The zero-order valence-corrected chi connectivity index (χ0v) is 20.4. The second-order valence-electron chi connectivity index (χ2n) is 8.41. The van der Waals surface area contributed by atoms with Gasteiger partial charge in [-0.2, -0.15) is 0 Å². The van der Waals surface area contributed by atoms with Crippen molar-refractivity contribution < 1.29 is 14.3 Å². The van der Waals surface area contributed by atoms with E-state index in [2.05, 4.69) is 47.4 Å². The SMILES string of the molecule is Cc1ccc(CCCNC(=O)Cc2ccc(OCCN=[N+]=[N-])c(OCc3ccccc3)c2)cc1C. The minimum Gasteiger partial charge on any atom is -0.490 e. The van der Waals surface area contributed by atoms with Crippen LogP contribution in [0.5, 0.6) is 11.5 Å². The predicted octanol–water partition coefficient (Wildman–Crippen LogP) is 5.86. The largest absolute Gasteiger partial charge is 0.490 e. The van der Waals surface area contributed by atoms with Gasteiger partial charge in [0.1, 0.15) is 6.61 Å². The maximum atomic E-state index is 12.5. The van der Waals surface area contributed by atoms with Gasteiger partial charge in [-0.25, -0.2) is 0 Å². The Bertz CT molecular complexity index is 1160. The minimum atomic E-state index is -0.0314. The number of nitrogens with one attached hydrogen (secondary N) is 1. The number of nitrogens with zero attached hydrogens (tertiary/aromatic N) is 3. The number of azide groups is 1. The van der Waals surface area contributed by atoms with Gasteiger partial charge in [-0.05, 0) is 72.2 Å². The van der Waals surface area contributed by atoms with Gasteiger partial charge in [0.2, 0.25) is 5.91 Å². The van der Waals surface area contributed by atoms with E-state index < -0.39 is 0 Å². The molecule has 0 fully saturated rings. The molecular weight excluding hydrogens is 440 g/mol. The maximum Gasteiger partial charge on any atom is 0.224 e. The number of amides is 1. The molecule has 0 atom stereocenters. The Labute approximate surface area is 206 Å². The lowest BCUT2D eigenvalue weighted by Crippen LogP contribution is -2.26.